The fraction of sp³-hybridized carbons (Fsp3) is 0.364. The molecule has 0 aliphatic heterocycles. The molecule has 0 unspecified atom stereocenters. The van der Waals surface area contributed by atoms with E-state index < -0.39 is 0 Å². The molecule has 1 aromatic rings. The molecule has 0 saturated heterocycles. The van der Waals surface area contributed by atoms with Crippen LogP contribution in [-0.2, 0) is 11.2 Å². The summed E-state index contributed by atoms with van der Waals surface area (Å²) in [6, 6.07) is 7.93. The van der Waals surface area contributed by atoms with Crippen molar-refractivity contribution in [3.8, 4) is 0 Å². The Kier molecular flexibility index (Phi) is 4.63. The monoisotopic (exact) mass is 207 g/mol. The first-order valence-electron chi connectivity index (χ1n) is 4.99. The molecule has 0 fully saturated rings. The van der Waals surface area contributed by atoms with Crippen molar-refractivity contribution < 1.29 is 4.79 Å². The van der Waals surface area contributed by atoms with Crippen molar-refractivity contribution in [1.82, 2.24) is 5.32 Å². The van der Waals surface area contributed by atoms with Gasteiger partial charge in [0, 0.05) is 12.7 Å². The fourth-order valence-electron chi connectivity index (χ4n) is 1.23. The molecule has 0 aliphatic rings. The van der Waals surface area contributed by atoms with Crippen molar-refractivity contribution in [2.75, 3.05) is 25.5 Å². The van der Waals surface area contributed by atoms with E-state index >= 15 is 0 Å². The smallest absolute Gasteiger partial charge is 0.239 e. The highest BCUT2D eigenvalue weighted by atomic mass is 16.1. The van der Waals surface area contributed by atoms with Gasteiger partial charge in [-0.2, -0.15) is 0 Å². The van der Waals surface area contributed by atoms with Gasteiger partial charge < -0.3 is 16.4 Å². The number of carbonyl (C=O) groups excluding carboxylic acids is 1. The third-order valence-electron chi connectivity index (χ3n) is 2.12. The molecule has 1 amide bonds. The number of nitrogens with one attached hydrogen (secondary N) is 2. The molecule has 0 atom stereocenters. The summed E-state index contributed by atoms with van der Waals surface area (Å²) in [5.74, 6) is -0.0268. The third kappa shape index (κ3) is 3.99. The number of benzene rings is 1. The van der Waals surface area contributed by atoms with Crippen LogP contribution in [-0.4, -0.2) is 26.0 Å². The zero-order valence-electron chi connectivity index (χ0n) is 8.92. The quantitative estimate of drug-likeness (QED) is 0.652. The van der Waals surface area contributed by atoms with E-state index in [-0.39, 0.29) is 5.91 Å². The van der Waals surface area contributed by atoms with Crippen molar-refractivity contribution in [2.24, 2.45) is 5.73 Å². The lowest BCUT2D eigenvalue weighted by Gasteiger charge is -2.06. The number of hydrogen-bond acceptors (Lipinski definition) is 3. The Labute approximate surface area is 89.9 Å². The van der Waals surface area contributed by atoms with E-state index in [0.717, 1.165) is 12.1 Å². The lowest BCUT2D eigenvalue weighted by atomic mass is 10.1. The summed E-state index contributed by atoms with van der Waals surface area (Å²) in [6.07, 6.45) is 0.885. The lowest BCUT2D eigenvalue weighted by molar-refractivity contribution is -0.118. The van der Waals surface area contributed by atoms with Crippen LogP contribution in [0.5, 0.6) is 0 Å². The first kappa shape index (κ1) is 11.5. The maximum absolute atomic E-state index is 11.0. The van der Waals surface area contributed by atoms with Crippen LogP contribution in [0, 0.1) is 0 Å². The van der Waals surface area contributed by atoms with Gasteiger partial charge in [0.05, 0.1) is 6.54 Å². The van der Waals surface area contributed by atoms with Crippen LogP contribution in [0.1, 0.15) is 5.56 Å². The number of likely N-dealkylation sites (N-methyl/N-ethyl adjacent to an activating group) is 1. The normalized spacial score (nSPS) is 9.73. The summed E-state index contributed by atoms with van der Waals surface area (Å²) in [6.45, 7) is 0.956. The average molecular weight is 207 g/mol. The summed E-state index contributed by atoms with van der Waals surface area (Å²) < 4.78 is 0. The number of amides is 1. The predicted octanol–water partition coefficient (Wildman–Crippen LogP) is 0.346. The SMILES string of the molecule is CNC(=O)CNc1ccc(CCN)cc1. The second-order valence-electron chi connectivity index (χ2n) is 3.26. The molecular weight excluding hydrogens is 190 g/mol. The molecule has 4 heteroatoms. The van der Waals surface area contributed by atoms with Gasteiger partial charge >= 0.3 is 0 Å². The van der Waals surface area contributed by atoms with Gasteiger partial charge in [-0.15, -0.1) is 0 Å². The molecule has 1 aromatic carbocycles. The van der Waals surface area contributed by atoms with E-state index in [0.29, 0.717) is 13.1 Å². The van der Waals surface area contributed by atoms with Gasteiger partial charge in [0.1, 0.15) is 0 Å². The van der Waals surface area contributed by atoms with Crippen LogP contribution in [0.4, 0.5) is 5.69 Å². The summed E-state index contributed by atoms with van der Waals surface area (Å²) in [7, 11) is 1.62. The first-order valence-corrected chi connectivity index (χ1v) is 4.99. The Hall–Kier alpha value is -1.55. The highest BCUT2D eigenvalue weighted by Gasteiger charge is 1.97. The standard InChI is InChI=1S/C11H17N3O/c1-13-11(15)8-14-10-4-2-9(3-5-10)6-7-12/h2-5,14H,6-8,12H2,1H3,(H,13,15). The largest absolute Gasteiger partial charge is 0.376 e. The maximum Gasteiger partial charge on any atom is 0.239 e. The second-order valence-corrected chi connectivity index (χ2v) is 3.26. The van der Waals surface area contributed by atoms with Gasteiger partial charge in [0.25, 0.3) is 0 Å². The summed E-state index contributed by atoms with van der Waals surface area (Å²) >= 11 is 0. The van der Waals surface area contributed by atoms with Crippen molar-refractivity contribution in [2.45, 2.75) is 6.42 Å². The molecule has 1 rings (SSSR count). The predicted molar refractivity (Wildman–Crippen MR) is 61.8 cm³/mol. The van der Waals surface area contributed by atoms with Crippen molar-refractivity contribution in [3.63, 3.8) is 0 Å². The molecule has 0 saturated carbocycles. The second kappa shape index (κ2) is 6.03. The molecule has 4 nitrogen and oxygen atoms in total. The number of carbonyl (C=O) groups is 1. The Morgan fingerprint density at radius 1 is 1.33 bits per heavy atom. The van der Waals surface area contributed by atoms with Gasteiger partial charge in [0.15, 0.2) is 0 Å². The minimum Gasteiger partial charge on any atom is -0.376 e. The van der Waals surface area contributed by atoms with E-state index in [1.807, 2.05) is 24.3 Å². The highest BCUT2D eigenvalue weighted by Crippen LogP contribution is 2.09. The van der Waals surface area contributed by atoms with Gasteiger partial charge in [-0.05, 0) is 30.7 Å². The molecule has 0 spiro atoms. The van der Waals surface area contributed by atoms with Crippen LogP contribution >= 0.6 is 0 Å². The van der Waals surface area contributed by atoms with E-state index in [9.17, 15) is 4.79 Å². The lowest BCUT2D eigenvalue weighted by Crippen LogP contribution is -2.26. The zero-order valence-corrected chi connectivity index (χ0v) is 8.92. The summed E-state index contributed by atoms with van der Waals surface area (Å²) in [5, 5.41) is 5.57. The van der Waals surface area contributed by atoms with Crippen LogP contribution in [0.2, 0.25) is 0 Å². The van der Waals surface area contributed by atoms with Crippen molar-refractivity contribution >= 4 is 11.6 Å². The van der Waals surface area contributed by atoms with E-state index in [4.69, 9.17) is 5.73 Å². The minimum absolute atomic E-state index is 0.0268. The minimum atomic E-state index is -0.0268. The third-order valence-corrected chi connectivity index (χ3v) is 2.12. The van der Waals surface area contributed by atoms with E-state index in [2.05, 4.69) is 10.6 Å². The molecule has 0 heterocycles. The van der Waals surface area contributed by atoms with Gasteiger partial charge in [-0.1, -0.05) is 12.1 Å². The van der Waals surface area contributed by atoms with Crippen molar-refractivity contribution in [1.29, 1.82) is 0 Å². The molecule has 0 aromatic heterocycles. The molecule has 4 N–H and O–H groups in total. The number of rotatable bonds is 5. The molecule has 15 heavy (non-hydrogen) atoms. The number of anilines is 1. The summed E-state index contributed by atoms with van der Waals surface area (Å²) in [5.41, 5.74) is 7.60. The van der Waals surface area contributed by atoms with Crippen LogP contribution in [0.3, 0.4) is 0 Å². The number of hydrogen-bond donors (Lipinski definition) is 3. The molecule has 0 bridgehead atoms. The molecular formula is C11H17N3O. The first-order chi connectivity index (χ1) is 7.26. The van der Waals surface area contributed by atoms with E-state index in [1.165, 1.54) is 5.56 Å². The van der Waals surface area contributed by atoms with E-state index in [1.54, 1.807) is 7.05 Å². The highest BCUT2D eigenvalue weighted by molar-refractivity contribution is 5.80. The number of nitrogens with two attached hydrogens (primary N) is 1. The van der Waals surface area contributed by atoms with Crippen LogP contribution < -0.4 is 16.4 Å². The molecule has 0 radical (unpaired) electrons. The van der Waals surface area contributed by atoms with Crippen LogP contribution in [0.15, 0.2) is 24.3 Å². The van der Waals surface area contributed by atoms with Gasteiger partial charge in [-0.25, -0.2) is 0 Å². The fourth-order valence-corrected chi connectivity index (χ4v) is 1.23. The van der Waals surface area contributed by atoms with Gasteiger partial charge in [-0.3, -0.25) is 4.79 Å². The Morgan fingerprint density at radius 3 is 2.53 bits per heavy atom. The Balaban J connectivity index is 2.45. The Morgan fingerprint density at radius 2 is 2.00 bits per heavy atom. The van der Waals surface area contributed by atoms with Crippen molar-refractivity contribution in [3.05, 3.63) is 29.8 Å². The molecule has 82 valence electrons. The maximum atomic E-state index is 11.0. The topological polar surface area (TPSA) is 67.2 Å². The average Bonchev–Trinajstić information content (AvgIpc) is 2.28. The Bertz CT molecular complexity index is 308. The summed E-state index contributed by atoms with van der Waals surface area (Å²) in [4.78, 5) is 11.0. The van der Waals surface area contributed by atoms with Crippen LogP contribution in [0.25, 0.3) is 0 Å². The van der Waals surface area contributed by atoms with Gasteiger partial charge in [0.2, 0.25) is 5.91 Å². The molecule has 0 aliphatic carbocycles. The zero-order chi connectivity index (χ0) is 11.1.